The van der Waals surface area contributed by atoms with Gasteiger partial charge in [0, 0.05) is 33.1 Å². The number of fused-ring (bicyclic) bond motifs is 1. The first-order valence-electron chi connectivity index (χ1n) is 26.3. The summed E-state index contributed by atoms with van der Waals surface area (Å²) in [6.07, 6.45) is 21.0. The van der Waals surface area contributed by atoms with E-state index in [0.717, 1.165) is 70.6 Å². The fourth-order valence-corrected chi connectivity index (χ4v) is 13.5. The molecule has 0 saturated heterocycles. The van der Waals surface area contributed by atoms with E-state index in [1.165, 1.54) is 136 Å². The minimum absolute atomic E-state index is 0.937. The largest absolute Gasteiger partial charge is 0.311 e. The lowest BCUT2D eigenvalue weighted by Crippen LogP contribution is -2.09. The van der Waals surface area contributed by atoms with Gasteiger partial charge in [0.1, 0.15) is 11.0 Å². The van der Waals surface area contributed by atoms with Crippen LogP contribution in [0.2, 0.25) is 0 Å². The van der Waals surface area contributed by atoms with Gasteiger partial charge in [-0.3, -0.25) is 0 Å². The number of hydrogen-bond donors (Lipinski definition) is 0. The number of unbranched alkanes of at least 4 members (excludes halogenated alkanes) is 11. The Morgan fingerprint density at radius 1 is 0.400 bits per heavy atom. The van der Waals surface area contributed by atoms with Gasteiger partial charge in [-0.05, 0) is 120 Å². The summed E-state index contributed by atoms with van der Waals surface area (Å²) < 4.78 is 0. The Labute approximate surface area is 430 Å². The van der Waals surface area contributed by atoms with Gasteiger partial charge in [0.2, 0.25) is 0 Å². The molecule has 6 heteroatoms. The highest BCUT2D eigenvalue weighted by molar-refractivity contribution is 7.27. The number of anilines is 3. The number of para-hydroxylation sites is 1. The van der Waals surface area contributed by atoms with E-state index in [9.17, 15) is 0 Å². The van der Waals surface area contributed by atoms with Crippen molar-refractivity contribution in [2.24, 2.45) is 0 Å². The van der Waals surface area contributed by atoms with E-state index < -0.39 is 0 Å². The second kappa shape index (κ2) is 24.9. The van der Waals surface area contributed by atoms with Crippen molar-refractivity contribution in [2.75, 3.05) is 4.90 Å². The zero-order valence-electron chi connectivity index (χ0n) is 41.6. The van der Waals surface area contributed by atoms with Gasteiger partial charge in [0.15, 0.2) is 0 Å². The van der Waals surface area contributed by atoms with Crippen LogP contribution in [0.3, 0.4) is 0 Å². The molecule has 0 fully saturated rings. The molecule has 358 valence electrons. The number of thiophene rings is 3. The van der Waals surface area contributed by atoms with Gasteiger partial charge in [-0.1, -0.05) is 195 Å². The fourth-order valence-electron chi connectivity index (χ4n) is 9.83. The highest BCUT2D eigenvalue weighted by Gasteiger charge is 2.27. The van der Waals surface area contributed by atoms with Gasteiger partial charge < -0.3 is 4.90 Å². The molecule has 0 atom stereocenters. The molecule has 0 amide bonds. The zero-order chi connectivity index (χ0) is 47.9. The fraction of sp³-hybridized carbons (Fsp3) is 0.312. The second-order valence-corrected chi connectivity index (χ2v) is 21.7. The summed E-state index contributed by atoms with van der Waals surface area (Å²) in [5.74, 6) is 0. The molecule has 70 heavy (non-hydrogen) atoms. The molecule has 0 aliphatic rings. The van der Waals surface area contributed by atoms with E-state index in [1.54, 1.807) is 0 Å². The van der Waals surface area contributed by atoms with E-state index >= 15 is 0 Å². The maximum Gasteiger partial charge on any atom is 0.110 e. The van der Waals surface area contributed by atoms with Crippen LogP contribution in [0.15, 0.2) is 156 Å². The van der Waals surface area contributed by atoms with E-state index in [0.29, 0.717) is 0 Å². The summed E-state index contributed by atoms with van der Waals surface area (Å²) in [6, 6.07) is 53.1. The average Bonchev–Trinajstić information content (AvgIpc) is 4.16. The van der Waals surface area contributed by atoms with E-state index in [1.807, 2.05) is 34.0 Å². The highest BCUT2D eigenvalue weighted by Crippen LogP contribution is 2.51. The maximum absolute atomic E-state index is 5.78. The molecule has 0 spiro atoms. The summed E-state index contributed by atoms with van der Waals surface area (Å²) >= 11 is 5.70. The summed E-state index contributed by atoms with van der Waals surface area (Å²) in [5, 5.41) is 4.74. The molecule has 0 aliphatic carbocycles. The molecule has 9 rings (SSSR count). The third-order valence-corrected chi connectivity index (χ3v) is 17.2. The van der Waals surface area contributed by atoms with Crippen molar-refractivity contribution >= 4 is 62.1 Å². The Bertz CT molecular complexity index is 2980. The average molecular weight is 976 g/mol. The predicted octanol–water partition coefficient (Wildman–Crippen LogP) is 20.8. The van der Waals surface area contributed by atoms with Crippen LogP contribution in [0.4, 0.5) is 17.1 Å². The normalized spacial score (nSPS) is 11.5. The topological polar surface area (TPSA) is 29.0 Å². The summed E-state index contributed by atoms with van der Waals surface area (Å²) in [6.45, 7) is 6.87. The van der Waals surface area contributed by atoms with E-state index in [-0.39, 0.29) is 0 Å². The lowest BCUT2D eigenvalue weighted by atomic mass is 9.96. The number of hydrogen-bond acceptors (Lipinski definition) is 6. The van der Waals surface area contributed by atoms with Gasteiger partial charge in [0.05, 0.1) is 26.0 Å². The van der Waals surface area contributed by atoms with Crippen molar-refractivity contribution in [3.63, 3.8) is 0 Å². The quantitative estimate of drug-likeness (QED) is 0.0535. The van der Waals surface area contributed by atoms with Crippen molar-refractivity contribution in [1.82, 2.24) is 9.97 Å². The monoisotopic (exact) mass is 975 g/mol. The summed E-state index contributed by atoms with van der Waals surface area (Å²) in [7, 11) is 0. The Kier molecular flexibility index (Phi) is 17.6. The minimum Gasteiger partial charge on any atom is -0.311 e. The van der Waals surface area contributed by atoms with Gasteiger partial charge in [0.25, 0.3) is 0 Å². The van der Waals surface area contributed by atoms with Crippen LogP contribution in [0.1, 0.15) is 127 Å². The first-order chi connectivity index (χ1) is 34.6. The van der Waals surface area contributed by atoms with Crippen LogP contribution >= 0.6 is 34.0 Å². The molecule has 0 radical (unpaired) electrons. The molecule has 9 aromatic rings. The molecule has 0 N–H and O–H groups in total. The van der Waals surface area contributed by atoms with Crippen molar-refractivity contribution in [3.05, 3.63) is 173 Å². The van der Waals surface area contributed by atoms with Gasteiger partial charge in [-0.25, -0.2) is 9.97 Å². The van der Waals surface area contributed by atoms with Crippen molar-refractivity contribution in [3.8, 4) is 53.2 Å². The third-order valence-electron chi connectivity index (χ3n) is 13.7. The molecule has 0 unspecified atom stereocenters. The molecular formula is C64H69N3S3. The second-order valence-electron chi connectivity index (χ2n) is 18.9. The Balaban J connectivity index is 1.16. The van der Waals surface area contributed by atoms with Crippen molar-refractivity contribution in [2.45, 2.75) is 130 Å². The van der Waals surface area contributed by atoms with Crippen LogP contribution in [-0.4, -0.2) is 9.97 Å². The Morgan fingerprint density at radius 3 is 1.49 bits per heavy atom. The third kappa shape index (κ3) is 11.7. The number of aryl methyl sites for hydroxylation is 2. The van der Waals surface area contributed by atoms with Crippen molar-refractivity contribution < 1.29 is 0 Å². The van der Waals surface area contributed by atoms with Crippen LogP contribution in [0.25, 0.3) is 64.2 Å². The standard InChI is InChI=1S/C64H69N3S3/c1-4-7-10-12-14-19-32-51-44-45-68-61(51)63-59-60(66-58(50-30-22-17-23-31-50)57(65-59)49-28-20-16-21-29-49)64(70-63)62-55(35-26-15-13-11-8-5-2)56(46-69-62)48-38-42-54(43-39-48)67(52-33-24-18-25-34-52)53-40-36-47(37-41-53)27-9-6-3/h16-18,20-25,28-31,33-34,36-46H,4-15,19,26-27,32,35H2,1-3H3. The first kappa shape index (κ1) is 49.3. The van der Waals surface area contributed by atoms with Gasteiger partial charge >= 0.3 is 0 Å². The maximum atomic E-state index is 5.78. The molecule has 0 aliphatic heterocycles. The van der Waals surface area contributed by atoms with Crippen LogP contribution < -0.4 is 4.90 Å². The molecule has 5 aromatic carbocycles. The van der Waals surface area contributed by atoms with Crippen molar-refractivity contribution in [1.29, 1.82) is 0 Å². The smallest absolute Gasteiger partial charge is 0.110 e. The van der Waals surface area contributed by atoms with Gasteiger partial charge in [-0.2, -0.15) is 0 Å². The summed E-state index contributed by atoms with van der Waals surface area (Å²) in [5.41, 5.74) is 16.5. The molecule has 3 nitrogen and oxygen atoms in total. The van der Waals surface area contributed by atoms with Crippen LogP contribution in [0.5, 0.6) is 0 Å². The molecule has 4 aromatic heterocycles. The number of benzene rings is 5. The van der Waals surface area contributed by atoms with Crippen LogP contribution in [-0.2, 0) is 19.3 Å². The molecule has 4 heterocycles. The van der Waals surface area contributed by atoms with E-state index in [4.69, 9.17) is 9.97 Å². The van der Waals surface area contributed by atoms with E-state index in [2.05, 4.69) is 182 Å². The summed E-state index contributed by atoms with van der Waals surface area (Å²) in [4.78, 5) is 19.1. The van der Waals surface area contributed by atoms with Gasteiger partial charge in [-0.15, -0.1) is 34.0 Å². The molecular weight excluding hydrogens is 907 g/mol. The number of nitrogens with zero attached hydrogens (tertiary/aromatic N) is 3. The Hall–Kier alpha value is -5.66. The van der Waals surface area contributed by atoms with Crippen LogP contribution in [0, 0.1) is 0 Å². The highest BCUT2D eigenvalue weighted by atomic mass is 32.1. The number of aromatic nitrogens is 2. The minimum atomic E-state index is 0.937. The lowest BCUT2D eigenvalue weighted by molar-refractivity contribution is 0.608. The SMILES string of the molecule is CCCCCCCCc1ccsc1-c1sc(-c2scc(-c3ccc(N(c4ccccc4)c4ccc(CCCC)cc4)cc3)c2CCCCCCCC)c2nc(-c3ccccc3)c(-c3ccccc3)nc12. The zero-order valence-corrected chi connectivity index (χ0v) is 44.0. The first-order valence-corrected chi connectivity index (χ1v) is 28.9. The molecule has 0 bridgehead atoms. The Morgan fingerprint density at radius 2 is 0.900 bits per heavy atom. The predicted molar refractivity (Wildman–Crippen MR) is 308 cm³/mol. The number of rotatable bonds is 25. The lowest BCUT2D eigenvalue weighted by Gasteiger charge is -2.26. The molecule has 0 saturated carbocycles.